The zero-order chi connectivity index (χ0) is 17.6. The molecule has 1 unspecified atom stereocenters. The summed E-state index contributed by atoms with van der Waals surface area (Å²) in [5.74, 6) is -0.746. The SMILES string of the molecule is CC(Oc1ccccc1F)C(=O)NCc1cccnc1-c1cccs1. The lowest BCUT2D eigenvalue weighted by atomic mass is 10.1. The molecule has 2 aromatic heterocycles. The van der Waals surface area contributed by atoms with Crippen molar-refractivity contribution >= 4 is 17.2 Å². The van der Waals surface area contributed by atoms with E-state index in [2.05, 4.69) is 10.3 Å². The quantitative estimate of drug-likeness (QED) is 0.725. The van der Waals surface area contributed by atoms with Crippen LogP contribution in [0.5, 0.6) is 5.75 Å². The summed E-state index contributed by atoms with van der Waals surface area (Å²) in [6.07, 6.45) is 0.920. The van der Waals surface area contributed by atoms with Crippen LogP contribution < -0.4 is 10.1 Å². The Balaban J connectivity index is 1.64. The van der Waals surface area contributed by atoms with Crippen LogP contribution in [0.4, 0.5) is 4.39 Å². The highest BCUT2D eigenvalue weighted by Gasteiger charge is 2.17. The Morgan fingerprint density at radius 2 is 2.08 bits per heavy atom. The van der Waals surface area contributed by atoms with Crippen molar-refractivity contribution in [2.45, 2.75) is 19.6 Å². The van der Waals surface area contributed by atoms with Crippen LogP contribution in [-0.2, 0) is 11.3 Å². The third-order valence-corrected chi connectivity index (χ3v) is 4.49. The highest BCUT2D eigenvalue weighted by Crippen LogP contribution is 2.25. The minimum Gasteiger partial charge on any atom is -0.478 e. The molecule has 2 heterocycles. The molecule has 4 nitrogen and oxygen atoms in total. The molecule has 0 spiro atoms. The molecule has 128 valence electrons. The van der Waals surface area contributed by atoms with Gasteiger partial charge >= 0.3 is 0 Å². The first-order valence-corrected chi connectivity index (χ1v) is 8.70. The molecule has 0 saturated heterocycles. The molecular formula is C19H17FN2O2S. The number of pyridine rings is 1. The number of aromatic nitrogens is 1. The number of hydrogen-bond acceptors (Lipinski definition) is 4. The van der Waals surface area contributed by atoms with E-state index in [0.29, 0.717) is 6.54 Å². The standard InChI is InChI=1S/C19H17FN2O2S/c1-13(24-16-8-3-2-7-15(16)20)19(23)22-12-14-6-4-10-21-18(14)17-9-5-11-25-17/h2-11,13H,12H2,1H3,(H,22,23). The summed E-state index contributed by atoms with van der Waals surface area (Å²) in [4.78, 5) is 17.7. The Labute approximate surface area is 149 Å². The van der Waals surface area contributed by atoms with E-state index < -0.39 is 11.9 Å². The van der Waals surface area contributed by atoms with Gasteiger partial charge in [0.1, 0.15) is 0 Å². The molecule has 0 aliphatic heterocycles. The van der Waals surface area contributed by atoms with Crippen LogP contribution >= 0.6 is 11.3 Å². The fourth-order valence-corrected chi connectivity index (χ4v) is 3.08. The van der Waals surface area contributed by atoms with Gasteiger partial charge in [-0.2, -0.15) is 0 Å². The maximum absolute atomic E-state index is 13.6. The molecule has 0 radical (unpaired) electrons. The number of nitrogens with one attached hydrogen (secondary N) is 1. The number of carbonyl (C=O) groups excluding carboxylic acids is 1. The molecule has 0 aliphatic carbocycles. The summed E-state index contributed by atoms with van der Waals surface area (Å²) in [7, 11) is 0. The van der Waals surface area contributed by atoms with Crippen LogP contribution in [0.1, 0.15) is 12.5 Å². The van der Waals surface area contributed by atoms with E-state index in [-0.39, 0.29) is 11.7 Å². The predicted molar refractivity (Wildman–Crippen MR) is 95.9 cm³/mol. The van der Waals surface area contributed by atoms with E-state index in [4.69, 9.17) is 4.74 Å². The number of ether oxygens (including phenoxy) is 1. The molecule has 1 amide bonds. The van der Waals surface area contributed by atoms with Gasteiger partial charge in [0.2, 0.25) is 0 Å². The number of thiophene rings is 1. The van der Waals surface area contributed by atoms with Crippen LogP contribution in [-0.4, -0.2) is 17.0 Å². The molecular weight excluding hydrogens is 339 g/mol. The molecule has 0 aliphatic rings. The normalized spacial score (nSPS) is 11.8. The van der Waals surface area contributed by atoms with Gasteiger partial charge in [-0.1, -0.05) is 24.3 Å². The second kappa shape index (κ2) is 7.90. The number of para-hydroxylation sites is 1. The number of amides is 1. The minimum absolute atomic E-state index is 0.0609. The molecule has 6 heteroatoms. The number of hydrogen-bond donors (Lipinski definition) is 1. The van der Waals surface area contributed by atoms with Gasteiger partial charge in [-0.15, -0.1) is 11.3 Å². The van der Waals surface area contributed by atoms with Gasteiger partial charge in [-0.3, -0.25) is 9.78 Å². The zero-order valence-electron chi connectivity index (χ0n) is 13.6. The van der Waals surface area contributed by atoms with Gasteiger partial charge in [0.05, 0.1) is 10.6 Å². The molecule has 3 aromatic rings. The average molecular weight is 356 g/mol. The lowest BCUT2D eigenvalue weighted by Gasteiger charge is -2.15. The zero-order valence-corrected chi connectivity index (χ0v) is 14.4. The highest BCUT2D eigenvalue weighted by molar-refractivity contribution is 7.13. The Hall–Kier alpha value is -2.73. The van der Waals surface area contributed by atoms with Crippen molar-refractivity contribution in [3.05, 3.63) is 71.5 Å². The third-order valence-electron chi connectivity index (χ3n) is 3.61. The van der Waals surface area contributed by atoms with Gasteiger partial charge in [0, 0.05) is 12.7 Å². The van der Waals surface area contributed by atoms with E-state index in [1.54, 1.807) is 36.6 Å². The highest BCUT2D eigenvalue weighted by atomic mass is 32.1. The Morgan fingerprint density at radius 1 is 1.24 bits per heavy atom. The average Bonchev–Trinajstić information content (AvgIpc) is 3.16. The van der Waals surface area contributed by atoms with E-state index in [1.807, 2.05) is 29.6 Å². The van der Waals surface area contributed by atoms with Crippen molar-refractivity contribution in [3.8, 4) is 16.3 Å². The van der Waals surface area contributed by atoms with Crippen molar-refractivity contribution in [2.75, 3.05) is 0 Å². The smallest absolute Gasteiger partial charge is 0.261 e. The van der Waals surface area contributed by atoms with E-state index in [9.17, 15) is 9.18 Å². The van der Waals surface area contributed by atoms with Crippen molar-refractivity contribution in [1.82, 2.24) is 10.3 Å². The second-order valence-electron chi connectivity index (χ2n) is 5.40. The predicted octanol–water partition coefficient (Wildman–Crippen LogP) is 4.03. The van der Waals surface area contributed by atoms with Gasteiger partial charge in [-0.05, 0) is 42.1 Å². The van der Waals surface area contributed by atoms with Gasteiger partial charge in [0.25, 0.3) is 5.91 Å². The fraction of sp³-hybridized carbons (Fsp3) is 0.158. The Kier molecular flexibility index (Phi) is 5.40. The molecule has 0 bridgehead atoms. The van der Waals surface area contributed by atoms with Crippen LogP contribution in [0.25, 0.3) is 10.6 Å². The number of nitrogens with zero attached hydrogens (tertiary/aromatic N) is 1. The topological polar surface area (TPSA) is 51.2 Å². The summed E-state index contributed by atoms with van der Waals surface area (Å²) in [6.45, 7) is 1.91. The summed E-state index contributed by atoms with van der Waals surface area (Å²) >= 11 is 1.59. The number of benzene rings is 1. The molecule has 1 N–H and O–H groups in total. The molecule has 0 fully saturated rings. The summed E-state index contributed by atoms with van der Waals surface area (Å²) < 4.78 is 19.0. The second-order valence-corrected chi connectivity index (χ2v) is 6.34. The van der Waals surface area contributed by atoms with Crippen molar-refractivity contribution in [3.63, 3.8) is 0 Å². The first-order chi connectivity index (χ1) is 12.1. The molecule has 0 saturated carbocycles. The minimum atomic E-state index is -0.807. The van der Waals surface area contributed by atoms with Crippen LogP contribution in [0, 0.1) is 5.82 Å². The molecule has 1 aromatic carbocycles. The van der Waals surface area contributed by atoms with Crippen molar-refractivity contribution < 1.29 is 13.9 Å². The van der Waals surface area contributed by atoms with Crippen LogP contribution in [0.3, 0.4) is 0 Å². The Bertz CT molecular complexity index is 852. The van der Waals surface area contributed by atoms with Gasteiger partial charge in [0.15, 0.2) is 17.7 Å². The molecule has 25 heavy (non-hydrogen) atoms. The number of rotatable bonds is 6. The Morgan fingerprint density at radius 3 is 2.84 bits per heavy atom. The first kappa shape index (κ1) is 17.1. The van der Waals surface area contributed by atoms with Crippen LogP contribution in [0.2, 0.25) is 0 Å². The van der Waals surface area contributed by atoms with E-state index >= 15 is 0 Å². The maximum Gasteiger partial charge on any atom is 0.261 e. The molecule has 3 rings (SSSR count). The largest absolute Gasteiger partial charge is 0.478 e. The van der Waals surface area contributed by atoms with Gasteiger partial charge in [-0.25, -0.2) is 4.39 Å². The summed E-state index contributed by atoms with van der Waals surface area (Å²) in [6, 6.07) is 13.7. The fourth-order valence-electron chi connectivity index (χ4n) is 2.33. The number of halogens is 1. The van der Waals surface area contributed by atoms with Gasteiger partial charge < -0.3 is 10.1 Å². The van der Waals surface area contributed by atoms with E-state index in [0.717, 1.165) is 16.1 Å². The van der Waals surface area contributed by atoms with E-state index in [1.165, 1.54) is 12.1 Å². The lowest BCUT2D eigenvalue weighted by Crippen LogP contribution is -2.36. The summed E-state index contributed by atoms with van der Waals surface area (Å²) in [5.41, 5.74) is 1.76. The maximum atomic E-state index is 13.6. The first-order valence-electron chi connectivity index (χ1n) is 7.82. The number of carbonyl (C=O) groups is 1. The third kappa shape index (κ3) is 4.22. The monoisotopic (exact) mass is 356 g/mol. The van der Waals surface area contributed by atoms with Crippen molar-refractivity contribution in [2.24, 2.45) is 0 Å². The molecule has 1 atom stereocenters. The summed E-state index contributed by atoms with van der Waals surface area (Å²) in [5, 5.41) is 4.80. The lowest BCUT2D eigenvalue weighted by molar-refractivity contribution is -0.127. The van der Waals surface area contributed by atoms with Crippen LogP contribution in [0.15, 0.2) is 60.1 Å². The van der Waals surface area contributed by atoms with Crippen molar-refractivity contribution in [1.29, 1.82) is 0 Å².